The maximum absolute atomic E-state index is 5.94. The minimum absolute atomic E-state index is 0.256. The lowest BCUT2D eigenvalue weighted by atomic mass is 10.1. The molecular formula is C14H23N3. The number of hydrogen-bond acceptors (Lipinski definition) is 3. The summed E-state index contributed by atoms with van der Waals surface area (Å²) in [6.07, 6.45) is 6.68. The average Bonchev–Trinajstić information content (AvgIpc) is 3.13. The maximum Gasteiger partial charge on any atom is 0.128 e. The molecule has 1 aromatic rings. The van der Waals surface area contributed by atoms with Gasteiger partial charge in [0.1, 0.15) is 5.82 Å². The number of hydrogen-bond donors (Lipinski definition) is 1. The van der Waals surface area contributed by atoms with Gasteiger partial charge < -0.3 is 10.6 Å². The number of anilines is 1. The third kappa shape index (κ3) is 3.70. The van der Waals surface area contributed by atoms with Crippen molar-refractivity contribution < 1.29 is 0 Å². The van der Waals surface area contributed by atoms with E-state index in [-0.39, 0.29) is 6.04 Å². The zero-order valence-electron chi connectivity index (χ0n) is 10.9. The number of nitrogens with two attached hydrogens (primary N) is 1. The van der Waals surface area contributed by atoms with Gasteiger partial charge in [0.25, 0.3) is 0 Å². The van der Waals surface area contributed by atoms with Crippen LogP contribution in [0, 0.1) is 5.92 Å². The van der Waals surface area contributed by atoms with Crippen molar-refractivity contribution in [3.63, 3.8) is 0 Å². The molecule has 1 aliphatic rings. The molecule has 94 valence electrons. The van der Waals surface area contributed by atoms with Crippen LogP contribution in [-0.4, -0.2) is 24.6 Å². The van der Waals surface area contributed by atoms with Crippen molar-refractivity contribution in [2.45, 2.75) is 38.6 Å². The van der Waals surface area contributed by atoms with E-state index in [0.717, 1.165) is 31.1 Å². The van der Waals surface area contributed by atoms with E-state index in [1.165, 1.54) is 18.4 Å². The monoisotopic (exact) mass is 233 g/mol. The molecule has 1 unspecified atom stereocenters. The normalized spacial score (nSPS) is 16.9. The van der Waals surface area contributed by atoms with E-state index in [9.17, 15) is 0 Å². The Kier molecular flexibility index (Phi) is 4.00. The molecule has 0 saturated heterocycles. The Balaban J connectivity index is 1.91. The number of nitrogens with zero attached hydrogens (tertiary/aromatic N) is 2. The van der Waals surface area contributed by atoms with Gasteiger partial charge >= 0.3 is 0 Å². The molecule has 0 aliphatic heterocycles. The van der Waals surface area contributed by atoms with E-state index in [2.05, 4.69) is 36.0 Å². The van der Waals surface area contributed by atoms with Gasteiger partial charge in [0, 0.05) is 25.8 Å². The van der Waals surface area contributed by atoms with Crippen LogP contribution in [-0.2, 0) is 6.42 Å². The fourth-order valence-corrected chi connectivity index (χ4v) is 1.99. The van der Waals surface area contributed by atoms with Crippen molar-refractivity contribution in [3.8, 4) is 0 Å². The van der Waals surface area contributed by atoms with Gasteiger partial charge in [-0.05, 0) is 43.2 Å². The Morgan fingerprint density at radius 2 is 2.24 bits per heavy atom. The molecule has 2 rings (SSSR count). The van der Waals surface area contributed by atoms with Crippen molar-refractivity contribution in [2.75, 3.05) is 18.5 Å². The Labute approximate surface area is 104 Å². The molecule has 0 amide bonds. The fraction of sp³-hybridized carbons (Fsp3) is 0.643. The van der Waals surface area contributed by atoms with Crippen LogP contribution in [0.1, 0.15) is 31.7 Å². The third-order valence-electron chi connectivity index (χ3n) is 3.45. The molecular weight excluding hydrogens is 210 g/mol. The first-order valence-corrected chi connectivity index (χ1v) is 6.60. The van der Waals surface area contributed by atoms with E-state index in [1.807, 2.05) is 6.20 Å². The van der Waals surface area contributed by atoms with Gasteiger partial charge in [0.05, 0.1) is 0 Å². The zero-order chi connectivity index (χ0) is 12.3. The van der Waals surface area contributed by atoms with Crippen LogP contribution < -0.4 is 10.6 Å². The maximum atomic E-state index is 5.94. The van der Waals surface area contributed by atoms with Gasteiger partial charge in [0.15, 0.2) is 0 Å². The van der Waals surface area contributed by atoms with Crippen molar-refractivity contribution in [1.82, 2.24) is 4.98 Å². The molecule has 1 fully saturated rings. The molecule has 0 spiro atoms. The van der Waals surface area contributed by atoms with Gasteiger partial charge in [-0.2, -0.15) is 0 Å². The molecule has 0 bridgehead atoms. The Morgan fingerprint density at radius 3 is 2.76 bits per heavy atom. The van der Waals surface area contributed by atoms with Gasteiger partial charge in [-0.15, -0.1) is 0 Å². The van der Waals surface area contributed by atoms with Gasteiger partial charge in [-0.3, -0.25) is 0 Å². The molecule has 0 radical (unpaired) electrons. The van der Waals surface area contributed by atoms with Crippen LogP contribution in [0.15, 0.2) is 18.3 Å². The van der Waals surface area contributed by atoms with Crippen LogP contribution in [0.4, 0.5) is 5.82 Å². The second kappa shape index (κ2) is 5.50. The summed E-state index contributed by atoms with van der Waals surface area (Å²) in [5, 5.41) is 0. The van der Waals surface area contributed by atoms with E-state index >= 15 is 0 Å². The zero-order valence-corrected chi connectivity index (χ0v) is 10.9. The lowest BCUT2D eigenvalue weighted by molar-refractivity contribution is 0.645. The van der Waals surface area contributed by atoms with E-state index in [0.29, 0.717) is 0 Å². The average molecular weight is 233 g/mol. The first kappa shape index (κ1) is 12.4. The van der Waals surface area contributed by atoms with Crippen LogP contribution in [0.25, 0.3) is 0 Å². The Morgan fingerprint density at radius 1 is 1.47 bits per heavy atom. The quantitative estimate of drug-likeness (QED) is 0.819. The molecule has 3 nitrogen and oxygen atoms in total. The van der Waals surface area contributed by atoms with Crippen LogP contribution in [0.3, 0.4) is 0 Å². The highest BCUT2D eigenvalue weighted by atomic mass is 15.2. The molecule has 2 N–H and O–H groups in total. The summed E-state index contributed by atoms with van der Waals surface area (Å²) in [6, 6.07) is 4.52. The number of rotatable bonds is 6. The summed E-state index contributed by atoms with van der Waals surface area (Å²) in [5.41, 5.74) is 7.18. The first-order valence-electron chi connectivity index (χ1n) is 6.60. The largest absolute Gasteiger partial charge is 0.359 e. The van der Waals surface area contributed by atoms with Crippen LogP contribution in [0.2, 0.25) is 0 Å². The van der Waals surface area contributed by atoms with Crippen molar-refractivity contribution in [1.29, 1.82) is 0 Å². The van der Waals surface area contributed by atoms with E-state index in [1.54, 1.807) is 0 Å². The second-order valence-electron chi connectivity index (χ2n) is 5.22. The topological polar surface area (TPSA) is 42.1 Å². The van der Waals surface area contributed by atoms with Gasteiger partial charge in [-0.25, -0.2) is 4.98 Å². The van der Waals surface area contributed by atoms with E-state index in [4.69, 9.17) is 5.73 Å². The summed E-state index contributed by atoms with van der Waals surface area (Å²) in [7, 11) is 2.12. The minimum atomic E-state index is 0.256. The van der Waals surface area contributed by atoms with Crippen molar-refractivity contribution in [3.05, 3.63) is 23.9 Å². The second-order valence-corrected chi connectivity index (χ2v) is 5.22. The summed E-state index contributed by atoms with van der Waals surface area (Å²) in [5.74, 6) is 1.97. The number of pyridine rings is 1. The molecule has 3 heteroatoms. The molecule has 1 saturated carbocycles. The smallest absolute Gasteiger partial charge is 0.128 e. The summed E-state index contributed by atoms with van der Waals surface area (Å²) in [4.78, 5) is 6.77. The van der Waals surface area contributed by atoms with E-state index < -0.39 is 0 Å². The minimum Gasteiger partial charge on any atom is -0.359 e. The lowest BCUT2D eigenvalue weighted by Crippen LogP contribution is -2.22. The molecule has 0 aromatic carbocycles. The highest BCUT2D eigenvalue weighted by Gasteiger charge is 2.23. The van der Waals surface area contributed by atoms with Gasteiger partial charge in [-0.1, -0.05) is 13.0 Å². The van der Waals surface area contributed by atoms with Crippen LogP contribution in [0.5, 0.6) is 0 Å². The van der Waals surface area contributed by atoms with Crippen LogP contribution >= 0.6 is 0 Å². The molecule has 17 heavy (non-hydrogen) atoms. The molecule has 1 aromatic heterocycles. The van der Waals surface area contributed by atoms with Crippen molar-refractivity contribution >= 4 is 5.82 Å². The third-order valence-corrected chi connectivity index (χ3v) is 3.45. The van der Waals surface area contributed by atoms with Crippen molar-refractivity contribution in [2.24, 2.45) is 11.7 Å². The summed E-state index contributed by atoms with van der Waals surface area (Å²) < 4.78 is 0. The number of aromatic nitrogens is 1. The predicted molar refractivity (Wildman–Crippen MR) is 72.2 cm³/mol. The first-order chi connectivity index (χ1) is 8.19. The SMILES string of the molecule is CCC(N)Cc1ccc(N(C)CC2CC2)nc1. The highest BCUT2D eigenvalue weighted by Crippen LogP contribution is 2.30. The fourth-order valence-electron chi connectivity index (χ4n) is 1.99. The summed E-state index contributed by atoms with van der Waals surface area (Å²) >= 11 is 0. The molecule has 1 heterocycles. The summed E-state index contributed by atoms with van der Waals surface area (Å²) in [6.45, 7) is 3.26. The molecule has 1 atom stereocenters. The predicted octanol–water partition coefficient (Wildman–Crippen LogP) is 2.21. The standard InChI is InChI=1S/C14H23N3/c1-3-13(15)8-12-6-7-14(16-9-12)17(2)10-11-4-5-11/h6-7,9,11,13H,3-5,8,10,15H2,1-2H3. The lowest BCUT2D eigenvalue weighted by Gasteiger charge is -2.18. The Bertz CT molecular complexity index is 343. The Hall–Kier alpha value is -1.09. The van der Waals surface area contributed by atoms with Gasteiger partial charge in [0.2, 0.25) is 0 Å². The highest BCUT2D eigenvalue weighted by molar-refractivity contribution is 5.38. The molecule has 1 aliphatic carbocycles.